The van der Waals surface area contributed by atoms with Gasteiger partial charge >= 0.3 is 5.97 Å². The molecular weight excluding hydrogens is 230 g/mol. The van der Waals surface area contributed by atoms with Crippen LogP contribution in [0.3, 0.4) is 0 Å². The second-order valence-corrected chi connectivity index (χ2v) is 5.45. The van der Waals surface area contributed by atoms with Crippen LogP contribution in [0.15, 0.2) is 24.3 Å². The van der Waals surface area contributed by atoms with E-state index >= 15 is 0 Å². The molecule has 0 aliphatic heterocycles. The zero-order chi connectivity index (χ0) is 13.9. The number of aliphatic hydroxyl groups is 1. The molecular formula is C14H21NO3. The Labute approximate surface area is 108 Å². The van der Waals surface area contributed by atoms with Crippen molar-refractivity contribution in [2.24, 2.45) is 11.1 Å². The van der Waals surface area contributed by atoms with Crippen molar-refractivity contribution < 1.29 is 14.6 Å². The van der Waals surface area contributed by atoms with E-state index in [-0.39, 0.29) is 5.41 Å². The van der Waals surface area contributed by atoms with Gasteiger partial charge in [-0.3, -0.25) is 0 Å². The van der Waals surface area contributed by atoms with Gasteiger partial charge in [-0.05, 0) is 23.1 Å². The van der Waals surface area contributed by atoms with Crippen LogP contribution in [0.1, 0.15) is 42.7 Å². The number of carbonyl (C=O) groups excluding carboxylic acids is 1. The van der Waals surface area contributed by atoms with Crippen LogP contribution < -0.4 is 5.73 Å². The van der Waals surface area contributed by atoms with Crippen LogP contribution in [0.2, 0.25) is 0 Å². The summed E-state index contributed by atoms with van der Waals surface area (Å²) in [6, 6.07) is 6.31. The van der Waals surface area contributed by atoms with E-state index in [2.05, 4.69) is 4.74 Å². The molecule has 3 N–H and O–H groups in total. The van der Waals surface area contributed by atoms with E-state index in [0.29, 0.717) is 5.56 Å². The van der Waals surface area contributed by atoms with Crippen LogP contribution in [-0.4, -0.2) is 24.3 Å². The Morgan fingerprint density at radius 2 is 2.00 bits per heavy atom. The number of carbonyl (C=O) groups is 1. The lowest BCUT2D eigenvalue weighted by molar-refractivity contribution is 0.0400. The largest absolute Gasteiger partial charge is 0.465 e. The third-order valence-corrected chi connectivity index (χ3v) is 2.92. The van der Waals surface area contributed by atoms with E-state index in [9.17, 15) is 9.90 Å². The fourth-order valence-electron chi connectivity index (χ4n) is 1.71. The molecule has 0 saturated carbocycles. The maximum atomic E-state index is 11.4. The van der Waals surface area contributed by atoms with E-state index in [1.165, 1.54) is 7.11 Å². The minimum absolute atomic E-state index is 0.319. The molecule has 18 heavy (non-hydrogen) atoms. The molecule has 1 aromatic rings. The second kappa shape index (κ2) is 5.50. The number of aliphatic hydroxyl groups excluding tert-OH is 1. The zero-order valence-electron chi connectivity index (χ0n) is 11.3. The van der Waals surface area contributed by atoms with Crippen LogP contribution in [0.4, 0.5) is 0 Å². The van der Waals surface area contributed by atoms with Gasteiger partial charge in [0.15, 0.2) is 0 Å². The van der Waals surface area contributed by atoms with Gasteiger partial charge in [0.1, 0.15) is 0 Å². The summed E-state index contributed by atoms with van der Waals surface area (Å²) < 4.78 is 4.66. The van der Waals surface area contributed by atoms with E-state index < -0.39 is 18.1 Å². The molecule has 1 rings (SSSR count). The smallest absolute Gasteiger partial charge is 0.337 e. The monoisotopic (exact) mass is 251 g/mol. The fourth-order valence-corrected chi connectivity index (χ4v) is 1.71. The molecule has 0 saturated heterocycles. The summed E-state index contributed by atoms with van der Waals surface area (Å²) in [5, 5.41) is 10.2. The molecule has 1 aromatic carbocycles. The SMILES string of the molecule is COC(=O)c1cccc([C@@H](N)[C@@H](O)C(C)(C)C)c1. The summed E-state index contributed by atoms with van der Waals surface area (Å²) in [6.45, 7) is 5.76. The van der Waals surface area contributed by atoms with Crippen molar-refractivity contribution in [1.82, 2.24) is 0 Å². The van der Waals surface area contributed by atoms with E-state index in [4.69, 9.17) is 5.73 Å². The predicted octanol–water partition coefficient (Wildman–Crippen LogP) is 1.88. The van der Waals surface area contributed by atoms with Crippen LogP contribution in [-0.2, 0) is 4.74 Å². The molecule has 0 bridgehead atoms. The molecule has 0 radical (unpaired) electrons. The minimum atomic E-state index is -0.689. The summed E-state index contributed by atoms with van der Waals surface area (Å²) in [4.78, 5) is 11.4. The van der Waals surface area contributed by atoms with E-state index in [1.807, 2.05) is 20.8 Å². The summed E-state index contributed by atoms with van der Waals surface area (Å²) in [6.07, 6.45) is -0.689. The van der Waals surface area contributed by atoms with Crippen LogP contribution >= 0.6 is 0 Å². The van der Waals surface area contributed by atoms with Crippen molar-refractivity contribution in [3.63, 3.8) is 0 Å². The zero-order valence-corrected chi connectivity index (χ0v) is 11.3. The Kier molecular flexibility index (Phi) is 4.48. The lowest BCUT2D eigenvalue weighted by atomic mass is 9.82. The van der Waals surface area contributed by atoms with Crippen LogP contribution in [0.25, 0.3) is 0 Å². The van der Waals surface area contributed by atoms with Gasteiger partial charge in [0.2, 0.25) is 0 Å². The Morgan fingerprint density at radius 3 is 2.50 bits per heavy atom. The standard InChI is InChI=1S/C14H21NO3/c1-14(2,3)12(16)11(15)9-6-5-7-10(8-9)13(17)18-4/h5-8,11-12,16H,15H2,1-4H3/t11-,12-/m1/s1. The molecule has 0 spiro atoms. The third-order valence-electron chi connectivity index (χ3n) is 2.92. The topological polar surface area (TPSA) is 72.5 Å². The fraction of sp³-hybridized carbons (Fsp3) is 0.500. The number of esters is 1. The molecule has 0 heterocycles. The van der Waals surface area contributed by atoms with Gasteiger partial charge in [0.05, 0.1) is 24.8 Å². The highest BCUT2D eigenvalue weighted by molar-refractivity contribution is 5.89. The molecule has 0 amide bonds. The Balaban J connectivity index is 3.00. The molecule has 0 aliphatic rings. The average Bonchev–Trinajstić information content (AvgIpc) is 2.35. The Hall–Kier alpha value is -1.39. The summed E-state index contributed by atoms with van der Waals surface area (Å²) in [5.74, 6) is -0.408. The van der Waals surface area contributed by atoms with Gasteiger partial charge in [-0.2, -0.15) is 0 Å². The highest BCUT2D eigenvalue weighted by Gasteiger charge is 2.29. The van der Waals surface area contributed by atoms with Crippen molar-refractivity contribution in [2.45, 2.75) is 32.9 Å². The van der Waals surface area contributed by atoms with Crippen molar-refractivity contribution in [2.75, 3.05) is 7.11 Å². The van der Waals surface area contributed by atoms with Crippen molar-refractivity contribution in [3.8, 4) is 0 Å². The molecule has 0 fully saturated rings. The Bertz CT molecular complexity index is 423. The van der Waals surface area contributed by atoms with Gasteiger partial charge in [-0.15, -0.1) is 0 Å². The molecule has 0 aliphatic carbocycles. The van der Waals surface area contributed by atoms with Crippen molar-refractivity contribution in [3.05, 3.63) is 35.4 Å². The number of hydrogen-bond acceptors (Lipinski definition) is 4. The quantitative estimate of drug-likeness (QED) is 0.804. The first-order chi connectivity index (χ1) is 8.27. The highest BCUT2D eigenvalue weighted by Crippen LogP contribution is 2.28. The number of benzene rings is 1. The molecule has 4 heteroatoms. The van der Waals surface area contributed by atoms with Crippen molar-refractivity contribution in [1.29, 1.82) is 0 Å². The first-order valence-corrected chi connectivity index (χ1v) is 5.89. The number of rotatable bonds is 3. The Morgan fingerprint density at radius 1 is 1.39 bits per heavy atom. The van der Waals surface area contributed by atoms with Gasteiger partial charge in [-0.1, -0.05) is 32.9 Å². The molecule has 0 unspecified atom stereocenters. The maximum absolute atomic E-state index is 11.4. The highest BCUT2D eigenvalue weighted by atomic mass is 16.5. The number of nitrogens with two attached hydrogens (primary N) is 1. The first-order valence-electron chi connectivity index (χ1n) is 5.89. The molecule has 2 atom stereocenters. The third kappa shape index (κ3) is 3.31. The number of methoxy groups -OCH3 is 1. The van der Waals surface area contributed by atoms with E-state index in [1.54, 1.807) is 24.3 Å². The van der Waals surface area contributed by atoms with Crippen LogP contribution in [0, 0.1) is 5.41 Å². The number of hydrogen-bond donors (Lipinski definition) is 2. The van der Waals surface area contributed by atoms with Crippen molar-refractivity contribution >= 4 is 5.97 Å². The summed E-state index contributed by atoms with van der Waals surface area (Å²) in [5.41, 5.74) is 6.87. The molecule has 100 valence electrons. The lowest BCUT2D eigenvalue weighted by Gasteiger charge is -2.31. The first kappa shape index (κ1) is 14.7. The second-order valence-electron chi connectivity index (χ2n) is 5.45. The molecule has 4 nitrogen and oxygen atoms in total. The summed E-state index contributed by atoms with van der Waals surface area (Å²) in [7, 11) is 1.33. The molecule has 0 aromatic heterocycles. The van der Waals surface area contributed by atoms with Gasteiger partial charge in [0, 0.05) is 0 Å². The predicted molar refractivity (Wildman–Crippen MR) is 70.2 cm³/mol. The van der Waals surface area contributed by atoms with E-state index in [0.717, 1.165) is 5.56 Å². The normalized spacial score (nSPS) is 15.0. The van der Waals surface area contributed by atoms with Crippen LogP contribution in [0.5, 0.6) is 0 Å². The average molecular weight is 251 g/mol. The minimum Gasteiger partial charge on any atom is -0.465 e. The van der Waals surface area contributed by atoms with Gasteiger partial charge in [-0.25, -0.2) is 4.79 Å². The van der Waals surface area contributed by atoms with Gasteiger partial charge < -0.3 is 15.6 Å². The number of ether oxygens (including phenoxy) is 1. The lowest BCUT2D eigenvalue weighted by Crippen LogP contribution is -2.37. The summed E-state index contributed by atoms with van der Waals surface area (Å²) >= 11 is 0. The van der Waals surface area contributed by atoms with Gasteiger partial charge in [0.25, 0.3) is 0 Å². The maximum Gasteiger partial charge on any atom is 0.337 e.